The Bertz CT molecular complexity index is 1350. The van der Waals surface area contributed by atoms with Gasteiger partial charge in [-0.1, -0.05) is 41.9 Å². The third kappa shape index (κ3) is 5.30. The molecule has 2 amide bonds. The van der Waals surface area contributed by atoms with Gasteiger partial charge in [0, 0.05) is 35.3 Å². The third-order valence-electron chi connectivity index (χ3n) is 6.39. The van der Waals surface area contributed by atoms with Crippen LogP contribution in [-0.2, 0) is 20.8 Å². The summed E-state index contributed by atoms with van der Waals surface area (Å²) in [6, 6.07) is 10.7. The lowest BCUT2D eigenvalue weighted by Gasteiger charge is -2.28. The molecule has 0 bridgehead atoms. The van der Waals surface area contributed by atoms with Crippen LogP contribution >= 0.6 is 11.6 Å². The van der Waals surface area contributed by atoms with Gasteiger partial charge in [0.2, 0.25) is 12.1 Å². The number of aromatic nitrogens is 1. The number of halogens is 3. The van der Waals surface area contributed by atoms with Gasteiger partial charge in [-0.2, -0.15) is 0 Å². The molecule has 1 fully saturated rings. The van der Waals surface area contributed by atoms with Crippen molar-refractivity contribution in [3.63, 3.8) is 0 Å². The minimum Gasteiger partial charge on any atom is -0.422 e. The van der Waals surface area contributed by atoms with E-state index < -0.39 is 42.4 Å². The molecule has 1 aliphatic rings. The lowest BCUT2D eigenvalue weighted by atomic mass is 10.1. The molecule has 1 aliphatic heterocycles. The molecule has 0 saturated carbocycles. The van der Waals surface area contributed by atoms with E-state index in [0.717, 1.165) is 4.90 Å². The Labute approximate surface area is 217 Å². The number of alkyl carbamates (subject to hydrolysis) is 1. The third-order valence-corrected chi connectivity index (χ3v) is 6.68. The number of fused-ring (bicyclic) bond motifs is 1. The summed E-state index contributed by atoms with van der Waals surface area (Å²) >= 11 is 5.82. The summed E-state index contributed by atoms with van der Waals surface area (Å²) in [5, 5.41) is 3.07. The Hall–Kier alpha value is -3.50. The highest BCUT2D eigenvalue weighted by molar-refractivity contribution is 6.30. The van der Waals surface area contributed by atoms with Crippen LogP contribution in [0.1, 0.15) is 35.8 Å². The topological polar surface area (TPSA) is 89.9 Å². The molecule has 0 unspecified atom stereocenters. The number of hydrogen-bond acceptors (Lipinski definition) is 5. The average molecular weight is 534 g/mol. The van der Waals surface area contributed by atoms with Gasteiger partial charge in [-0.15, -0.1) is 0 Å². The number of hydrogen-bond donors (Lipinski definition) is 1. The van der Waals surface area contributed by atoms with Crippen molar-refractivity contribution in [3.8, 4) is 0 Å². The number of nitrogens with zero attached hydrogens (tertiary/aromatic N) is 2. The molecule has 4 rings (SSSR count). The number of methoxy groups -OCH3 is 1. The summed E-state index contributed by atoms with van der Waals surface area (Å²) in [5.74, 6) is -1.38. The average Bonchev–Trinajstić information content (AvgIpc) is 3.38. The van der Waals surface area contributed by atoms with E-state index in [4.69, 9.17) is 21.1 Å². The van der Waals surface area contributed by atoms with Crippen molar-refractivity contribution in [3.05, 3.63) is 70.6 Å². The number of rotatable bonds is 7. The molecule has 2 heterocycles. The van der Waals surface area contributed by atoms with Gasteiger partial charge in [0.25, 0.3) is 0 Å². The first kappa shape index (κ1) is 26.6. The van der Waals surface area contributed by atoms with Gasteiger partial charge >= 0.3 is 6.09 Å². The number of benzene rings is 2. The second-order valence-corrected chi connectivity index (χ2v) is 9.22. The number of para-hydroxylation sites is 1. The van der Waals surface area contributed by atoms with E-state index in [1.54, 1.807) is 41.1 Å². The maximum atomic E-state index is 14.8. The number of ketones is 1. The van der Waals surface area contributed by atoms with Gasteiger partial charge in [0.05, 0.1) is 17.6 Å². The van der Waals surface area contributed by atoms with Gasteiger partial charge in [0.1, 0.15) is 24.6 Å². The maximum absolute atomic E-state index is 14.8. The van der Waals surface area contributed by atoms with Crippen LogP contribution in [0.2, 0.25) is 5.02 Å². The minimum absolute atomic E-state index is 0.0998. The van der Waals surface area contributed by atoms with Crippen molar-refractivity contribution in [1.82, 2.24) is 14.8 Å². The molecule has 2 aromatic carbocycles. The molecule has 0 aliphatic carbocycles. The molecule has 1 saturated heterocycles. The van der Waals surface area contributed by atoms with Crippen LogP contribution in [0.4, 0.5) is 13.6 Å². The Balaban J connectivity index is 1.52. The lowest BCUT2D eigenvalue weighted by molar-refractivity contribution is -0.143. The monoisotopic (exact) mass is 533 g/mol. The van der Waals surface area contributed by atoms with Crippen molar-refractivity contribution < 1.29 is 32.6 Å². The van der Waals surface area contributed by atoms with E-state index in [1.165, 1.54) is 33.1 Å². The van der Waals surface area contributed by atoms with Crippen LogP contribution in [0.5, 0.6) is 0 Å². The zero-order chi connectivity index (χ0) is 26.9. The summed E-state index contributed by atoms with van der Waals surface area (Å²) in [5.41, 5.74) is 1.25. The smallest absolute Gasteiger partial charge is 0.409 e. The van der Waals surface area contributed by atoms with Crippen LogP contribution in [0.3, 0.4) is 0 Å². The van der Waals surface area contributed by atoms with Crippen molar-refractivity contribution in [2.24, 2.45) is 0 Å². The van der Waals surface area contributed by atoms with E-state index in [2.05, 4.69) is 5.32 Å². The molecule has 0 radical (unpaired) electrons. The van der Waals surface area contributed by atoms with Gasteiger partial charge < -0.3 is 24.3 Å². The number of ether oxygens (including phenoxy) is 2. The standard InChI is InChI=1S/C26H26ClF2N3O5/c1-14(16-8-6-9-19(27)23(16)29)30-26(35)37-25-24(36-3)20(28)12-32(25)22(34)13-31-11-18(15(2)33)17-7-4-5-10-21(17)31/h4-11,14,20,24-25H,12-13H2,1-3H3,(H,30,35)/t14-,20+,24-,25+/m1/s1. The second kappa shape index (κ2) is 10.9. The highest BCUT2D eigenvalue weighted by Gasteiger charge is 2.47. The molecule has 1 aromatic heterocycles. The predicted octanol–water partition coefficient (Wildman–Crippen LogP) is 4.65. The number of amides is 2. The molecule has 37 heavy (non-hydrogen) atoms. The lowest BCUT2D eigenvalue weighted by Crippen LogP contribution is -2.46. The normalized spacial score (nSPS) is 20.2. The molecule has 11 heteroatoms. The van der Waals surface area contributed by atoms with Gasteiger partial charge in [0.15, 0.2) is 5.78 Å². The van der Waals surface area contributed by atoms with E-state index >= 15 is 0 Å². The van der Waals surface area contributed by atoms with Crippen LogP contribution < -0.4 is 5.32 Å². The SMILES string of the molecule is CO[C@@H]1[C@@H](F)CN(C(=O)Cn2cc(C(C)=O)c3ccccc32)[C@H]1OC(=O)N[C@H](C)c1cccc(Cl)c1F. The van der Waals surface area contributed by atoms with Crippen molar-refractivity contribution in [2.45, 2.75) is 44.9 Å². The van der Waals surface area contributed by atoms with Gasteiger partial charge in [-0.3, -0.25) is 9.59 Å². The largest absolute Gasteiger partial charge is 0.422 e. The van der Waals surface area contributed by atoms with E-state index in [0.29, 0.717) is 16.5 Å². The Kier molecular flexibility index (Phi) is 7.79. The maximum Gasteiger partial charge on any atom is 0.409 e. The molecule has 3 aromatic rings. The van der Waals surface area contributed by atoms with E-state index in [9.17, 15) is 23.2 Å². The summed E-state index contributed by atoms with van der Waals surface area (Å²) in [4.78, 5) is 39.1. The second-order valence-electron chi connectivity index (χ2n) is 8.81. The number of alkyl halides is 1. The quantitative estimate of drug-likeness (QED) is 0.447. The number of nitrogens with one attached hydrogen (secondary N) is 1. The van der Waals surface area contributed by atoms with Gasteiger partial charge in [-0.25, -0.2) is 13.6 Å². The van der Waals surface area contributed by atoms with Crippen molar-refractivity contribution >= 4 is 40.3 Å². The number of carbonyl (C=O) groups is 3. The molecule has 1 N–H and O–H groups in total. The molecule has 196 valence electrons. The molecular weight excluding hydrogens is 508 g/mol. The molecule has 8 nitrogen and oxygen atoms in total. The van der Waals surface area contributed by atoms with Crippen LogP contribution in [0.25, 0.3) is 10.9 Å². The van der Waals surface area contributed by atoms with Crippen LogP contribution in [0, 0.1) is 5.82 Å². The summed E-state index contributed by atoms with van der Waals surface area (Å²) in [7, 11) is 1.25. The molecular formula is C26H26ClF2N3O5. The number of carbonyl (C=O) groups excluding carboxylic acids is 3. The van der Waals surface area contributed by atoms with E-state index in [1.807, 2.05) is 0 Å². The molecule has 4 atom stereocenters. The van der Waals surface area contributed by atoms with Crippen molar-refractivity contribution in [2.75, 3.05) is 13.7 Å². The summed E-state index contributed by atoms with van der Waals surface area (Å²) in [6.45, 7) is 2.39. The fourth-order valence-corrected chi connectivity index (χ4v) is 4.72. The fourth-order valence-electron chi connectivity index (χ4n) is 4.54. The predicted molar refractivity (Wildman–Crippen MR) is 133 cm³/mol. The zero-order valence-electron chi connectivity index (χ0n) is 20.4. The molecule has 0 spiro atoms. The zero-order valence-corrected chi connectivity index (χ0v) is 21.2. The first-order valence-electron chi connectivity index (χ1n) is 11.6. The highest BCUT2D eigenvalue weighted by Crippen LogP contribution is 2.28. The highest BCUT2D eigenvalue weighted by atomic mass is 35.5. The first-order chi connectivity index (χ1) is 17.6. The van der Waals surface area contributed by atoms with E-state index in [-0.39, 0.29) is 29.5 Å². The Morgan fingerprint density at radius 3 is 2.62 bits per heavy atom. The summed E-state index contributed by atoms with van der Waals surface area (Å²) in [6.07, 6.45) is -3.61. The minimum atomic E-state index is -1.61. The first-order valence-corrected chi connectivity index (χ1v) is 12.0. The van der Waals surface area contributed by atoms with Gasteiger partial charge in [-0.05, 0) is 26.0 Å². The van der Waals surface area contributed by atoms with Crippen LogP contribution in [0.15, 0.2) is 48.7 Å². The van der Waals surface area contributed by atoms with Crippen LogP contribution in [-0.4, -0.2) is 59.4 Å². The Morgan fingerprint density at radius 2 is 1.92 bits per heavy atom. The number of Topliss-reactive ketones (excluding diaryl/α,β-unsaturated/α-hetero) is 1. The number of likely N-dealkylation sites (tertiary alicyclic amines) is 1. The fraction of sp³-hybridized carbons (Fsp3) is 0.346. The van der Waals surface area contributed by atoms with Crippen molar-refractivity contribution in [1.29, 1.82) is 0 Å². The Morgan fingerprint density at radius 1 is 1.19 bits per heavy atom. The summed E-state index contributed by atoms with van der Waals surface area (Å²) < 4.78 is 41.3.